The van der Waals surface area contributed by atoms with Crippen LogP contribution < -0.4 is 18.1 Å². The summed E-state index contributed by atoms with van der Waals surface area (Å²) < 4.78 is 0. The second-order valence-corrected chi connectivity index (χ2v) is 1.13. The maximum atomic E-state index is 8.35. The topological polar surface area (TPSA) is 68.1 Å². The first kappa shape index (κ1) is 10.2. The zero-order valence-corrected chi connectivity index (χ0v) is 4.73. The molecule has 0 rings (SSSR count). The monoisotopic (exact) mass is 127 g/mol. The van der Waals surface area contributed by atoms with E-state index in [0.717, 1.165) is 0 Å². The Kier molecular flexibility index (Phi) is 9.00. The molecule has 3 nitrogen and oxygen atoms in total. The lowest BCUT2D eigenvalue weighted by atomic mass is 10.4. The van der Waals surface area contributed by atoms with Crippen molar-refractivity contribution < 1.29 is 28.4 Å². The molecule has 0 fully saturated rings. The van der Waals surface area contributed by atoms with Crippen LogP contribution in [-0.4, -0.2) is 29.5 Å². The summed E-state index contributed by atoms with van der Waals surface area (Å²) in [6.07, 6.45) is -0.620. The predicted octanol–water partition coefficient (Wildman–Crippen LogP) is -5.41. The minimum Gasteiger partial charge on any atom is -1.00 e. The number of rotatable bonds is 2. The Morgan fingerprint density at radius 3 is 2.00 bits per heavy atom. The Balaban J connectivity index is 0. The van der Waals surface area contributed by atoms with Crippen LogP contribution in [0, 0.1) is 0 Å². The molecule has 0 saturated heterocycles. The van der Waals surface area contributed by atoms with E-state index in [1.54, 1.807) is 0 Å². The quantitative estimate of drug-likeness (QED) is 0.347. The fraction of sp³-hybridized carbons (Fsp3) is 1.00. The largest absolute Gasteiger partial charge is 1.00 e. The van der Waals surface area contributed by atoms with E-state index in [4.69, 9.17) is 10.2 Å². The second kappa shape index (κ2) is 6.17. The average Bonchev–Trinajstić information content (AvgIpc) is 1.65. The third-order valence-corrected chi connectivity index (χ3v) is 0.544. The minimum absolute atomic E-state index is 0. The summed E-state index contributed by atoms with van der Waals surface area (Å²) in [5.74, 6) is 0. The number of hydrogen-bond donors (Lipinski definition) is 3. The number of aliphatic hydroxyl groups is 2. The van der Waals surface area contributed by atoms with Gasteiger partial charge in [0.2, 0.25) is 0 Å². The van der Waals surface area contributed by atoms with Crippen LogP contribution in [0.4, 0.5) is 0 Å². The van der Waals surface area contributed by atoms with Crippen molar-refractivity contribution in [2.45, 2.75) is 6.10 Å². The van der Waals surface area contributed by atoms with Crippen LogP contribution in [-0.2, 0) is 0 Å². The Labute approximate surface area is 48.6 Å². The van der Waals surface area contributed by atoms with Crippen molar-refractivity contribution in [2.24, 2.45) is 0 Å². The molecule has 0 amide bonds. The highest BCUT2D eigenvalue weighted by atomic mass is 35.5. The van der Waals surface area contributed by atoms with E-state index < -0.39 is 6.10 Å². The SMILES string of the molecule is [Cl-].[NH3+]CC(O)CO. The maximum absolute atomic E-state index is 8.35. The first-order valence-electron chi connectivity index (χ1n) is 1.89. The Morgan fingerprint density at radius 2 is 2.00 bits per heavy atom. The third kappa shape index (κ3) is 6.17. The zero-order chi connectivity index (χ0) is 4.99. The molecule has 1 atom stereocenters. The molecule has 0 bridgehead atoms. The lowest BCUT2D eigenvalue weighted by Gasteiger charge is -1.94. The molecule has 0 aromatic heterocycles. The molecule has 4 heteroatoms. The van der Waals surface area contributed by atoms with E-state index >= 15 is 0 Å². The Bertz CT molecular complexity index is 32.1. The van der Waals surface area contributed by atoms with E-state index in [2.05, 4.69) is 5.73 Å². The van der Waals surface area contributed by atoms with E-state index in [9.17, 15) is 0 Å². The molecule has 0 aliphatic carbocycles. The molecular weight excluding hydrogens is 117 g/mol. The molecule has 0 aliphatic heterocycles. The van der Waals surface area contributed by atoms with Gasteiger partial charge in [0.1, 0.15) is 12.6 Å². The van der Waals surface area contributed by atoms with Crippen molar-refractivity contribution in [1.29, 1.82) is 0 Å². The van der Waals surface area contributed by atoms with Gasteiger partial charge in [0, 0.05) is 0 Å². The average molecular weight is 128 g/mol. The van der Waals surface area contributed by atoms with Crippen LogP contribution in [0.1, 0.15) is 0 Å². The van der Waals surface area contributed by atoms with Crippen molar-refractivity contribution in [3.05, 3.63) is 0 Å². The highest BCUT2D eigenvalue weighted by Crippen LogP contribution is 1.67. The molecule has 0 saturated carbocycles. The van der Waals surface area contributed by atoms with Gasteiger partial charge in [-0.15, -0.1) is 0 Å². The van der Waals surface area contributed by atoms with Gasteiger partial charge in [-0.1, -0.05) is 0 Å². The van der Waals surface area contributed by atoms with E-state index in [1.165, 1.54) is 0 Å². The third-order valence-electron chi connectivity index (χ3n) is 0.544. The molecule has 1 unspecified atom stereocenters. The standard InChI is InChI=1S/C3H9NO2.ClH/c4-1-3(6)2-5;/h3,5-6H,1-2,4H2;1H. The van der Waals surface area contributed by atoms with Gasteiger partial charge in [0.15, 0.2) is 0 Å². The number of aliphatic hydroxyl groups excluding tert-OH is 2. The van der Waals surface area contributed by atoms with Crippen LogP contribution in [0.2, 0.25) is 0 Å². The molecule has 0 radical (unpaired) electrons. The fourth-order valence-electron chi connectivity index (χ4n) is 0.0913. The first-order valence-corrected chi connectivity index (χ1v) is 1.89. The van der Waals surface area contributed by atoms with Gasteiger partial charge in [-0.3, -0.25) is 0 Å². The predicted molar refractivity (Wildman–Crippen MR) is 20.8 cm³/mol. The molecule has 5 N–H and O–H groups in total. The van der Waals surface area contributed by atoms with Crippen molar-refractivity contribution in [2.75, 3.05) is 13.2 Å². The van der Waals surface area contributed by atoms with Crippen molar-refractivity contribution in [3.8, 4) is 0 Å². The van der Waals surface area contributed by atoms with Gasteiger partial charge in [-0.25, -0.2) is 0 Å². The molecule has 0 aromatic carbocycles. The summed E-state index contributed by atoms with van der Waals surface area (Å²) in [4.78, 5) is 0. The summed E-state index contributed by atoms with van der Waals surface area (Å²) in [6.45, 7) is 0.208. The van der Waals surface area contributed by atoms with Crippen molar-refractivity contribution in [3.63, 3.8) is 0 Å². The lowest BCUT2D eigenvalue weighted by Crippen LogP contribution is -3.00. The summed E-state index contributed by atoms with van der Waals surface area (Å²) in [5.41, 5.74) is 3.35. The normalized spacial score (nSPS) is 12.4. The molecule has 0 heterocycles. The Hall–Kier alpha value is 0.170. The zero-order valence-electron chi connectivity index (χ0n) is 3.97. The fourth-order valence-corrected chi connectivity index (χ4v) is 0.0913. The van der Waals surface area contributed by atoms with Gasteiger partial charge in [0.25, 0.3) is 0 Å². The Morgan fingerprint density at radius 1 is 1.57 bits per heavy atom. The smallest absolute Gasteiger partial charge is 0.126 e. The molecule has 7 heavy (non-hydrogen) atoms. The van der Waals surface area contributed by atoms with Crippen molar-refractivity contribution >= 4 is 0 Å². The summed E-state index contributed by atoms with van der Waals surface area (Å²) in [6, 6.07) is 0. The van der Waals surface area contributed by atoms with E-state index in [0.29, 0.717) is 6.54 Å². The van der Waals surface area contributed by atoms with E-state index in [-0.39, 0.29) is 19.0 Å². The summed E-state index contributed by atoms with van der Waals surface area (Å²) in [5, 5.41) is 16.4. The number of quaternary nitrogens is 1. The van der Waals surface area contributed by atoms with Gasteiger partial charge in [-0.2, -0.15) is 0 Å². The van der Waals surface area contributed by atoms with Gasteiger partial charge >= 0.3 is 0 Å². The number of hydrogen-bond acceptors (Lipinski definition) is 2. The first-order chi connectivity index (χ1) is 2.81. The van der Waals surface area contributed by atoms with Gasteiger partial charge in [-0.05, 0) is 0 Å². The van der Waals surface area contributed by atoms with Gasteiger partial charge < -0.3 is 28.4 Å². The summed E-state index contributed by atoms with van der Waals surface area (Å²) in [7, 11) is 0. The number of halogens is 1. The van der Waals surface area contributed by atoms with Gasteiger partial charge in [0.05, 0.1) is 6.61 Å². The molecule has 0 aliphatic rings. The van der Waals surface area contributed by atoms with E-state index in [1.807, 2.05) is 0 Å². The van der Waals surface area contributed by atoms with Crippen LogP contribution in [0.25, 0.3) is 0 Å². The molecular formula is C3H10ClNO2. The van der Waals surface area contributed by atoms with Crippen LogP contribution in [0.5, 0.6) is 0 Å². The highest BCUT2D eigenvalue weighted by molar-refractivity contribution is 4.42. The second-order valence-electron chi connectivity index (χ2n) is 1.13. The van der Waals surface area contributed by atoms with Crippen LogP contribution >= 0.6 is 0 Å². The van der Waals surface area contributed by atoms with Crippen molar-refractivity contribution in [1.82, 2.24) is 0 Å². The lowest BCUT2D eigenvalue weighted by molar-refractivity contribution is -0.385. The minimum atomic E-state index is -0.620. The molecule has 0 spiro atoms. The molecule has 0 aromatic rings. The van der Waals surface area contributed by atoms with Crippen LogP contribution in [0.3, 0.4) is 0 Å². The maximum Gasteiger partial charge on any atom is 0.126 e. The molecule has 46 valence electrons. The highest BCUT2D eigenvalue weighted by Gasteiger charge is 1.95. The van der Waals surface area contributed by atoms with Crippen LogP contribution in [0.15, 0.2) is 0 Å². The summed E-state index contributed by atoms with van der Waals surface area (Å²) >= 11 is 0.